The number of carbonyl (C=O) groups is 1. The van der Waals surface area contributed by atoms with Crippen LogP contribution in [-0.2, 0) is 0 Å². The normalized spacial score (nSPS) is 14.3. The summed E-state index contributed by atoms with van der Waals surface area (Å²) < 4.78 is 16.4. The fourth-order valence-corrected chi connectivity index (χ4v) is 4.03. The van der Waals surface area contributed by atoms with Gasteiger partial charge in [0.2, 0.25) is 0 Å². The van der Waals surface area contributed by atoms with E-state index in [9.17, 15) is 9.18 Å². The smallest absolute Gasteiger partial charge is 0.253 e. The minimum Gasteiger partial charge on any atom is -0.351 e. The molecule has 0 aliphatic carbocycles. The second kappa shape index (κ2) is 8.62. The average Bonchev–Trinajstić information content (AvgIpc) is 3.37. The first-order chi connectivity index (χ1) is 14.1. The van der Waals surface area contributed by atoms with Crippen LogP contribution in [0.1, 0.15) is 28.9 Å². The molecule has 0 atom stereocenters. The van der Waals surface area contributed by atoms with Gasteiger partial charge in [-0.15, -0.1) is 0 Å². The Morgan fingerprint density at radius 1 is 1.03 bits per heavy atom. The van der Waals surface area contributed by atoms with Crippen LogP contribution in [0.25, 0.3) is 16.9 Å². The number of hydrogen-bond donors (Lipinski definition) is 1. The third-order valence-electron chi connectivity index (χ3n) is 5.57. The molecule has 29 heavy (non-hydrogen) atoms. The maximum Gasteiger partial charge on any atom is 0.253 e. The summed E-state index contributed by atoms with van der Waals surface area (Å²) in [6.45, 7) is 5.57. The van der Waals surface area contributed by atoms with Crippen molar-refractivity contribution in [2.45, 2.75) is 19.8 Å². The summed E-state index contributed by atoms with van der Waals surface area (Å²) in [6, 6.07) is 18.3. The molecule has 4 rings (SSSR count). The van der Waals surface area contributed by atoms with Gasteiger partial charge in [0.15, 0.2) is 0 Å². The van der Waals surface area contributed by atoms with Gasteiger partial charge >= 0.3 is 0 Å². The van der Waals surface area contributed by atoms with Crippen LogP contribution in [0.2, 0.25) is 0 Å². The molecule has 0 radical (unpaired) electrons. The van der Waals surface area contributed by atoms with Crippen molar-refractivity contribution in [3.05, 3.63) is 77.7 Å². The van der Waals surface area contributed by atoms with E-state index in [2.05, 4.69) is 10.2 Å². The molecular formula is C24H26FN3O. The first-order valence-electron chi connectivity index (χ1n) is 10.2. The monoisotopic (exact) mass is 391 g/mol. The van der Waals surface area contributed by atoms with Crippen LogP contribution < -0.4 is 5.32 Å². The van der Waals surface area contributed by atoms with Crippen LogP contribution in [0.4, 0.5) is 4.39 Å². The molecule has 1 aromatic heterocycles. The van der Waals surface area contributed by atoms with Gasteiger partial charge in [-0.2, -0.15) is 0 Å². The number of benzene rings is 2. The van der Waals surface area contributed by atoms with Crippen molar-refractivity contribution in [3.8, 4) is 16.9 Å². The van der Waals surface area contributed by atoms with Gasteiger partial charge < -0.3 is 14.8 Å². The topological polar surface area (TPSA) is 37.3 Å². The molecule has 150 valence electrons. The Morgan fingerprint density at radius 2 is 1.72 bits per heavy atom. The van der Waals surface area contributed by atoms with Crippen molar-refractivity contribution >= 4 is 5.91 Å². The number of nitrogens with zero attached hydrogens (tertiary/aromatic N) is 2. The number of rotatable bonds is 6. The summed E-state index contributed by atoms with van der Waals surface area (Å²) >= 11 is 0. The molecule has 2 aromatic carbocycles. The molecule has 2 heterocycles. The molecule has 0 spiro atoms. The fourth-order valence-electron chi connectivity index (χ4n) is 4.03. The first kappa shape index (κ1) is 19.4. The molecular weight excluding hydrogens is 365 g/mol. The standard InChI is InChI=1S/C24H26FN3O/c1-18-20(24(29)26-13-16-27-14-7-8-15-27)17-23(19-9-3-2-4-10-19)28(18)22-12-6-5-11-21(22)25/h2-6,9-12,17H,7-8,13-16H2,1H3,(H,26,29). The van der Waals surface area contributed by atoms with Gasteiger partial charge in [-0.05, 0) is 56.6 Å². The Bertz CT molecular complexity index is 991. The van der Waals surface area contributed by atoms with Crippen LogP contribution in [0.15, 0.2) is 60.7 Å². The third kappa shape index (κ3) is 4.10. The average molecular weight is 391 g/mol. The lowest BCUT2D eigenvalue weighted by atomic mass is 10.1. The van der Waals surface area contributed by atoms with Crippen LogP contribution in [0, 0.1) is 12.7 Å². The Morgan fingerprint density at radius 3 is 2.45 bits per heavy atom. The lowest BCUT2D eigenvalue weighted by Gasteiger charge is -2.15. The Balaban J connectivity index is 1.66. The molecule has 1 fully saturated rings. The summed E-state index contributed by atoms with van der Waals surface area (Å²) in [5.74, 6) is -0.432. The lowest BCUT2D eigenvalue weighted by Crippen LogP contribution is -2.33. The van der Waals surface area contributed by atoms with Crippen molar-refractivity contribution in [1.82, 2.24) is 14.8 Å². The summed E-state index contributed by atoms with van der Waals surface area (Å²) in [5.41, 5.74) is 3.49. The molecule has 1 amide bonds. The molecule has 1 saturated heterocycles. The SMILES string of the molecule is Cc1c(C(=O)NCCN2CCCC2)cc(-c2ccccc2)n1-c1ccccc1F. The second-order valence-electron chi connectivity index (χ2n) is 7.49. The van der Waals surface area contributed by atoms with Crippen molar-refractivity contribution in [3.63, 3.8) is 0 Å². The van der Waals surface area contributed by atoms with Gasteiger partial charge in [0, 0.05) is 18.8 Å². The fraction of sp³-hybridized carbons (Fsp3) is 0.292. The number of aromatic nitrogens is 1. The van der Waals surface area contributed by atoms with Crippen LogP contribution in [0.5, 0.6) is 0 Å². The van der Waals surface area contributed by atoms with Gasteiger partial charge in [-0.25, -0.2) is 4.39 Å². The molecule has 1 aliphatic rings. The van der Waals surface area contributed by atoms with Gasteiger partial charge in [0.25, 0.3) is 5.91 Å². The number of likely N-dealkylation sites (tertiary alicyclic amines) is 1. The molecule has 5 heteroatoms. The zero-order valence-corrected chi connectivity index (χ0v) is 16.7. The number of hydrogen-bond acceptors (Lipinski definition) is 2. The van der Waals surface area contributed by atoms with E-state index in [4.69, 9.17) is 0 Å². The number of nitrogens with one attached hydrogen (secondary N) is 1. The van der Waals surface area contributed by atoms with E-state index in [1.165, 1.54) is 18.9 Å². The molecule has 0 saturated carbocycles. The van der Waals surface area contributed by atoms with Gasteiger partial charge in [0.05, 0.1) is 16.9 Å². The highest BCUT2D eigenvalue weighted by Gasteiger charge is 2.21. The molecule has 4 nitrogen and oxygen atoms in total. The van der Waals surface area contributed by atoms with Crippen molar-refractivity contribution in [2.24, 2.45) is 0 Å². The zero-order chi connectivity index (χ0) is 20.2. The maximum atomic E-state index is 14.6. The van der Waals surface area contributed by atoms with Gasteiger partial charge in [0.1, 0.15) is 5.82 Å². The van der Waals surface area contributed by atoms with Crippen molar-refractivity contribution in [2.75, 3.05) is 26.2 Å². The molecule has 1 aliphatic heterocycles. The Hall–Kier alpha value is -2.92. The number of para-hydroxylation sites is 1. The third-order valence-corrected chi connectivity index (χ3v) is 5.57. The summed E-state index contributed by atoms with van der Waals surface area (Å²) in [7, 11) is 0. The molecule has 3 aromatic rings. The van der Waals surface area contributed by atoms with Crippen LogP contribution >= 0.6 is 0 Å². The van der Waals surface area contributed by atoms with Crippen molar-refractivity contribution in [1.29, 1.82) is 0 Å². The van der Waals surface area contributed by atoms with E-state index in [0.29, 0.717) is 17.8 Å². The maximum absolute atomic E-state index is 14.6. The lowest BCUT2D eigenvalue weighted by molar-refractivity contribution is 0.0949. The van der Waals surface area contributed by atoms with E-state index in [1.807, 2.05) is 54.0 Å². The predicted octanol–water partition coefficient (Wildman–Crippen LogP) is 4.42. The minimum absolute atomic E-state index is 0.117. The van der Waals surface area contributed by atoms with E-state index in [0.717, 1.165) is 36.6 Å². The van der Waals surface area contributed by atoms with Crippen LogP contribution in [-0.4, -0.2) is 41.6 Å². The summed E-state index contributed by atoms with van der Waals surface area (Å²) in [4.78, 5) is 15.3. The second-order valence-corrected chi connectivity index (χ2v) is 7.49. The van der Waals surface area contributed by atoms with Crippen molar-refractivity contribution < 1.29 is 9.18 Å². The largest absolute Gasteiger partial charge is 0.351 e. The zero-order valence-electron chi connectivity index (χ0n) is 16.7. The van der Waals surface area contributed by atoms with E-state index < -0.39 is 0 Å². The number of halogens is 1. The Kier molecular flexibility index (Phi) is 5.76. The van der Waals surface area contributed by atoms with Gasteiger partial charge in [-0.1, -0.05) is 42.5 Å². The van der Waals surface area contributed by atoms with Gasteiger partial charge in [-0.3, -0.25) is 4.79 Å². The number of carbonyl (C=O) groups excluding carboxylic acids is 1. The quantitative estimate of drug-likeness (QED) is 0.676. The van der Waals surface area contributed by atoms with E-state index in [1.54, 1.807) is 12.1 Å². The Labute approximate surface area is 171 Å². The minimum atomic E-state index is -0.315. The highest BCUT2D eigenvalue weighted by atomic mass is 19.1. The summed E-state index contributed by atoms with van der Waals surface area (Å²) in [6.07, 6.45) is 2.47. The molecule has 0 unspecified atom stereocenters. The van der Waals surface area contributed by atoms with E-state index >= 15 is 0 Å². The molecule has 0 bridgehead atoms. The van der Waals surface area contributed by atoms with E-state index in [-0.39, 0.29) is 11.7 Å². The summed E-state index contributed by atoms with van der Waals surface area (Å²) in [5, 5.41) is 3.04. The highest BCUT2D eigenvalue weighted by molar-refractivity contribution is 5.97. The molecule has 1 N–H and O–H groups in total. The number of amides is 1. The predicted molar refractivity (Wildman–Crippen MR) is 114 cm³/mol. The first-order valence-corrected chi connectivity index (χ1v) is 10.2. The highest BCUT2D eigenvalue weighted by Crippen LogP contribution is 2.30. The van der Waals surface area contributed by atoms with Crippen LogP contribution in [0.3, 0.4) is 0 Å².